The Morgan fingerprint density at radius 1 is 0.611 bits per heavy atom. The van der Waals surface area contributed by atoms with Gasteiger partial charge in [0.1, 0.15) is 0 Å². The molecule has 87 valence electrons. The number of hydrogen-bond acceptors (Lipinski definition) is 0. The van der Waals surface area contributed by atoms with E-state index in [1.807, 2.05) is 6.07 Å². The second-order valence-corrected chi connectivity index (χ2v) is 4.46. The van der Waals surface area contributed by atoms with Gasteiger partial charge in [-0.05, 0) is 23.1 Å². The average Bonchev–Trinajstić information content (AvgIpc) is 2.49. The Kier molecular flexibility index (Phi) is 3.10. The van der Waals surface area contributed by atoms with Crippen LogP contribution in [0.25, 0.3) is 11.1 Å². The summed E-state index contributed by atoms with van der Waals surface area (Å²) in [5, 5.41) is 0. The number of benzene rings is 2. The molecule has 0 heteroatoms. The van der Waals surface area contributed by atoms with Gasteiger partial charge in [0.2, 0.25) is 0 Å². The molecular weight excluding hydrogens is 216 g/mol. The largest absolute Gasteiger partial charge is 0.0833 e. The summed E-state index contributed by atoms with van der Waals surface area (Å²) >= 11 is 0. The van der Waals surface area contributed by atoms with E-state index in [2.05, 4.69) is 72.8 Å². The third-order valence-electron chi connectivity index (χ3n) is 3.25. The Morgan fingerprint density at radius 3 is 1.94 bits per heavy atom. The summed E-state index contributed by atoms with van der Waals surface area (Å²) in [6, 6.07) is 19.3. The predicted octanol–water partition coefficient (Wildman–Crippen LogP) is 4.79. The minimum atomic E-state index is 1.03. The molecular formula is C18H15. The van der Waals surface area contributed by atoms with Gasteiger partial charge in [-0.15, -0.1) is 0 Å². The molecule has 1 aliphatic rings. The van der Waals surface area contributed by atoms with Crippen LogP contribution in [0.15, 0.2) is 78.9 Å². The minimum absolute atomic E-state index is 1.03. The quantitative estimate of drug-likeness (QED) is 0.697. The van der Waals surface area contributed by atoms with Crippen molar-refractivity contribution >= 4 is 0 Å². The third-order valence-corrected chi connectivity index (χ3v) is 3.25. The summed E-state index contributed by atoms with van der Waals surface area (Å²) in [6.45, 7) is 0. The van der Waals surface area contributed by atoms with Crippen LogP contribution < -0.4 is 0 Å². The number of rotatable bonds is 2. The molecule has 0 heterocycles. The molecule has 1 aliphatic carbocycles. The Balaban J connectivity index is 1.85. The van der Waals surface area contributed by atoms with E-state index in [9.17, 15) is 0 Å². The van der Waals surface area contributed by atoms with E-state index in [0.717, 1.165) is 6.42 Å². The highest BCUT2D eigenvalue weighted by Gasteiger charge is 2.08. The van der Waals surface area contributed by atoms with Crippen LogP contribution in [0.3, 0.4) is 0 Å². The molecule has 0 saturated carbocycles. The van der Waals surface area contributed by atoms with Crippen LogP contribution in [0.1, 0.15) is 12.0 Å². The smallest absolute Gasteiger partial charge is 0.0304 e. The first kappa shape index (κ1) is 11.0. The normalized spacial score (nSPS) is 14.9. The molecule has 0 aliphatic heterocycles. The summed E-state index contributed by atoms with van der Waals surface area (Å²) in [5.74, 6) is 1.39. The van der Waals surface area contributed by atoms with Crippen LogP contribution in [0, 0.1) is 5.92 Å². The molecule has 0 fully saturated rings. The van der Waals surface area contributed by atoms with Gasteiger partial charge < -0.3 is 0 Å². The minimum Gasteiger partial charge on any atom is -0.0833 e. The standard InChI is InChI=1S/C18H15/c1-3-7-15(8-4-1)17-11-13-18(14-12-17)16-9-5-2-6-10-16/h1-9,11-14H,10H2. The zero-order chi connectivity index (χ0) is 12.2. The van der Waals surface area contributed by atoms with E-state index in [4.69, 9.17) is 0 Å². The van der Waals surface area contributed by atoms with Crippen LogP contribution in [0.4, 0.5) is 0 Å². The molecule has 0 unspecified atom stereocenters. The molecule has 18 heavy (non-hydrogen) atoms. The van der Waals surface area contributed by atoms with E-state index in [1.165, 1.54) is 22.6 Å². The van der Waals surface area contributed by atoms with Crippen LogP contribution in [0.2, 0.25) is 0 Å². The Morgan fingerprint density at radius 2 is 1.28 bits per heavy atom. The van der Waals surface area contributed by atoms with Crippen molar-refractivity contribution < 1.29 is 0 Å². The fourth-order valence-corrected chi connectivity index (χ4v) is 2.23. The summed E-state index contributed by atoms with van der Waals surface area (Å²) in [6.07, 6.45) is 9.62. The van der Waals surface area contributed by atoms with Crippen molar-refractivity contribution in [3.63, 3.8) is 0 Å². The first-order valence-electron chi connectivity index (χ1n) is 6.28. The first-order chi connectivity index (χ1) is 8.93. The van der Waals surface area contributed by atoms with Gasteiger partial charge in [-0.3, -0.25) is 0 Å². The molecule has 0 bridgehead atoms. The molecule has 3 rings (SSSR count). The highest BCUT2D eigenvalue weighted by Crippen LogP contribution is 2.26. The Labute approximate surface area is 108 Å². The molecule has 0 spiro atoms. The SMILES string of the molecule is C1=CC[C](c2ccc(-c3ccccc3)cc2)C=C1. The van der Waals surface area contributed by atoms with Gasteiger partial charge in [0, 0.05) is 5.92 Å². The van der Waals surface area contributed by atoms with Gasteiger partial charge in [-0.1, -0.05) is 78.9 Å². The molecule has 0 N–H and O–H groups in total. The van der Waals surface area contributed by atoms with Crippen molar-refractivity contribution in [2.45, 2.75) is 6.42 Å². The zero-order valence-electron chi connectivity index (χ0n) is 10.2. The average molecular weight is 231 g/mol. The molecule has 2 aromatic carbocycles. The van der Waals surface area contributed by atoms with E-state index in [-0.39, 0.29) is 0 Å². The lowest BCUT2D eigenvalue weighted by atomic mass is 9.91. The third kappa shape index (κ3) is 2.28. The fraction of sp³-hybridized carbons (Fsp3) is 0.0556. The van der Waals surface area contributed by atoms with Crippen molar-refractivity contribution in [1.29, 1.82) is 0 Å². The van der Waals surface area contributed by atoms with Crippen molar-refractivity contribution in [2.24, 2.45) is 0 Å². The van der Waals surface area contributed by atoms with Gasteiger partial charge in [0.25, 0.3) is 0 Å². The molecule has 0 nitrogen and oxygen atoms in total. The van der Waals surface area contributed by atoms with Crippen molar-refractivity contribution in [2.75, 3.05) is 0 Å². The first-order valence-corrected chi connectivity index (χ1v) is 6.28. The van der Waals surface area contributed by atoms with E-state index < -0.39 is 0 Å². The second-order valence-electron chi connectivity index (χ2n) is 4.46. The van der Waals surface area contributed by atoms with Crippen LogP contribution >= 0.6 is 0 Å². The number of hydrogen-bond donors (Lipinski definition) is 0. The summed E-state index contributed by atoms with van der Waals surface area (Å²) < 4.78 is 0. The van der Waals surface area contributed by atoms with Crippen molar-refractivity contribution in [3.8, 4) is 11.1 Å². The zero-order valence-corrected chi connectivity index (χ0v) is 10.2. The molecule has 1 radical (unpaired) electrons. The lowest BCUT2D eigenvalue weighted by Crippen LogP contribution is -1.96. The van der Waals surface area contributed by atoms with Gasteiger partial charge >= 0.3 is 0 Å². The maximum atomic E-state index is 2.21. The van der Waals surface area contributed by atoms with Gasteiger partial charge in [-0.2, -0.15) is 0 Å². The molecule has 2 aromatic rings. The van der Waals surface area contributed by atoms with E-state index in [0.29, 0.717) is 0 Å². The topological polar surface area (TPSA) is 0 Å². The Hall–Kier alpha value is -2.08. The molecule has 0 atom stereocenters. The lowest BCUT2D eigenvalue weighted by Gasteiger charge is -2.13. The number of allylic oxidation sites excluding steroid dienone is 4. The maximum Gasteiger partial charge on any atom is 0.0304 e. The highest BCUT2D eigenvalue weighted by atomic mass is 14.1. The maximum absolute atomic E-state index is 2.21. The van der Waals surface area contributed by atoms with Crippen LogP contribution in [0.5, 0.6) is 0 Å². The van der Waals surface area contributed by atoms with Crippen molar-refractivity contribution in [1.82, 2.24) is 0 Å². The summed E-state index contributed by atoms with van der Waals surface area (Å²) in [4.78, 5) is 0. The fourth-order valence-electron chi connectivity index (χ4n) is 2.23. The highest BCUT2D eigenvalue weighted by molar-refractivity contribution is 5.64. The molecule has 0 saturated heterocycles. The van der Waals surface area contributed by atoms with Crippen LogP contribution in [-0.4, -0.2) is 0 Å². The Bertz CT molecular complexity index is 559. The predicted molar refractivity (Wildman–Crippen MR) is 77.1 cm³/mol. The van der Waals surface area contributed by atoms with Crippen molar-refractivity contribution in [3.05, 3.63) is 90.4 Å². The van der Waals surface area contributed by atoms with E-state index in [1.54, 1.807) is 0 Å². The lowest BCUT2D eigenvalue weighted by molar-refractivity contribution is 1.09. The van der Waals surface area contributed by atoms with Gasteiger partial charge in [0.15, 0.2) is 0 Å². The van der Waals surface area contributed by atoms with E-state index >= 15 is 0 Å². The monoisotopic (exact) mass is 231 g/mol. The summed E-state index contributed by atoms with van der Waals surface area (Å²) in [5.41, 5.74) is 3.86. The molecule has 0 amide bonds. The summed E-state index contributed by atoms with van der Waals surface area (Å²) in [7, 11) is 0. The van der Waals surface area contributed by atoms with Crippen LogP contribution in [-0.2, 0) is 0 Å². The van der Waals surface area contributed by atoms with Gasteiger partial charge in [-0.25, -0.2) is 0 Å². The van der Waals surface area contributed by atoms with Gasteiger partial charge in [0.05, 0.1) is 0 Å². The second kappa shape index (κ2) is 5.05. The molecule has 0 aromatic heterocycles.